The monoisotopic (exact) mass is 203 g/mol. The average Bonchev–Trinajstić information content (AvgIpc) is 2.41. The van der Waals surface area contributed by atoms with Crippen LogP contribution in [0, 0.1) is 0 Å². The van der Waals surface area contributed by atoms with E-state index in [2.05, 4.69) is 4.90 Å². The van der Waals surface area contributed by atoms with Gasteiger partial charge in [-0.15, -0.1) is 0 Å². The predicted molar refractivity (Wildman–Crippen MR) is 48.8 cm³/mol. The van der Waals surface area contributed by atoms with Gasteiger partial charge in [0.2, 0.25) is 0 Å². The van der Waals surface area contributed by atoms with Crippen LogP contribution < -0.4 is 0 Å². The molecule has 2 aliphatic heterocycles. The Morgan fingerprint density at radius 1 is 1.21 bits per heavy atom. The van der Waals surface area contributed by atoms with E-state index in [0.29, 0.717) is 19.5 Å². The fourth-order valence-corrected chi connectivity index (χ4v) is 2.22. The molecule has 2 rings (SSSR count). The quantitative estimate of drug-likeness (QED) is 0.492. The van der Waals surface area contributed by atoms with Crippen molar-refractivity contribution in [3.8, 4) is 0 Å². The summed E-state index contributed by atoms with van der Waals surface area (Å²) in [5.41, 5.74) is 0. The molecule has 0 aromatic heterocycles. The first kappa shape index (κ1) is 10.3. The van der Waals surface area contributed by atoms with Gasteiger partial charge in [-0.2, -0.15) is 0 Å². The minimum atomic E-state index is -0.776. The predicted octanol–water partition coefficient (Wildman–Crippen LogP) is -1.83. The average molecular weight is 203 g/mol. The van der Waals surface area contributed by atoms with Gasteiger partial charge in [0, 0.05) is 19.6 Å². The zero-order chi connectivity index (χ0) is 10.1. The van der Waals surface area contributed by atoms with Crippen molar-refractivity contribution in [1.29, 1.82) is 0 Å². The van der Waals surface area contributed by atoms with Gasteiger partial charge in [0.1, 0.15) is 12.2 Å². The topological polar surface area (TPSA) is 73.2 Å². The van der Waals surface area contributed by atoms with Gasteiger partial charge < -0.3 is 20.1 Å². The van der Waals surface area contributed by atoms with Crippen molar-refractivity contribution in [2.24, 2.45) is 0 Å². The number of β-amino-alcohol motifs (C(OH)–C–C–N with tert-alkyl or cyclic N) is 1. The minimum absolute atomic E-state index is 0.121. The normalized spacial score (nSPS) is 43.9. The molecule has 2 bridgehead atoms. The Bertz CT molecular complexity index is 201. The number of hydrogen-bond donors (Lipinski definition) is 3. The van der Waals surface area contributed by atoms with E-state index in [4.69, 9.17) is 9.84 Å². The molecular formula is C9H17NO4. The second-order valence-corrected chi connectivity index (χ2v) is 4.01. The molecule has 0 aromatic carbocycles. The Morgan fingerprint density at radius 3 is 2.64 bits per heavy atom. The van der Waals surface area contributed by atoms with E-state index in [9.17, 15) is 10.2 Å². The van der Waals surface area contributed by atoms with Crippen LogP contribution in [0.5, 0.6) is 0 Å². The molecule has 0 spiro atoms. The summed E-state index contributed by atoms with van der Waals surface area (Å²) in [4.78, 5) is 2.06. The smallest absolute Gasteiger partial charge is 0.110 e. The number of fused-ring (bicyclic) bond motifs is 2. The van der Waals surface area contributed by atoms with Gasteiger partial charge in [-0.25, -0.2) is 0 Å². The van der Waals surface area contributed by atoms with Crippen molar-refractivity contribution >= 4 is 0 Å². The van der Waals surface area contributed by atoms with E-state index < -0.39 is 12.2 Å². The summed E-state index contributed by atoms with van der Waals surface area (Å²) in [6.07, 6.45) is -1.34. The summed E-state index contributed by atoms with van der Waals surface area (Å²) in [5.74, 6) is 0. The zero-order valence-electron chi connectivity index (χ0n) is 8.04. The van der Waals surface area contributed by atoms with E-state index in [1.54, 1.807) is 0 Å². The van der Waals surface area contributed by atoms with Gasteiger partial charge in [-0.05, 0) is 6.42 Å². The van der Waals surface area contributed by atoms with E-state index in [-0.39, 0.29) is 18.8 Å². The van der Waals surface area contributed by atoms with Gasteiger partial charge in [0.25, 0.3) is 0 Å². The van der Waals surface area contributed by atoms with Crippen LogP contribution in [-0.2, 0) is 4.74 Å². The van der Waals surface area contributed by atoms with Gasteiger partial charge >= 0.3 is 0 Å². The lowest BCUT2D eigenvalue weighted by Gasteiger charge is -2.25. The van der Waals surface area contributed by atoms with E-state index >= 15 is 0 Å². The molecule has 2 aliphatic rings. The Hall–Kier alpha value is -0.200. The summed E-state index contributed by atoms with van der Waals surface area (Å²) in [6.45, 7) is 2.13. The van der Waals surface area contributed by atoms with Crippen LogP contribution in [0.15, 0.2) is 0 Å². The number of nitrogens with zero attached hydrogens (tertiary/aromatic N) is 1. The summed E-state index contributed by atoms with van der Waals surface area (Å²) in [5, 5.41) is 28.0. The van der Waals surface area contributed by atoms with Gasteiger partial charge in [0.15, 0.2) is 0 Å². The second-order valence-electron chi connectivity index (χ2n) is 4.01. The number of rotatable bonds is 2. The third-order valence-corrected chi connectivity index (χ3v) is 3.05. The minimum Gasteiger partial charge on any atom is -0.395 e. The maximum Gasteiger partial charge on any atom is 0.110 e. The Kier molecular flexibility index (Phi) is 3.04. The highest BCUT2D eigenvalue weighted by molar-refractivity contribution is 4.94. The summed E-state index contributed by atoms with van der Waals surface area (Å²) in [6, 6.07) is 0. The molecule has 0 amide bonds. The first-order chi connectivity index (χ1) is 6.72. The lowest BCUT2D eigenvalue weighted by molar-refractivity contribution is 0.00657. The number of hydrogen-bond acceptors (Lipinski definition) is 5. The second kappa shape index (κ2) is 4.12. The maximum absolute atomic E-state index is 9.61. The number of aliphatic hydroxyl groups is 3. The first-order valence-electron chi connectivity index (χ1n) is 5.07. The van der Waals surface area contributed by atoms with Crippen LogP contribution >= 0.6 is 0 Å². The first-order valence-corrected chi connectivity index (χ1v) is 5.07. The summed E-state index contributed by atoms with van der Waals surface area (Å²) >= 11 is 0. The molecule has 2 saturated heterocycles. The van der Waals surface area contributed by atoms with Crippen LogP contribution in [0.25, 0.3) is 0 Å². The molecule has 0 aliphatic carbocycles. The Balaban J connectivity index is 1.98. The van der Waals surface area contributed by atoms with Gasteiger partial charge in [0.05, 0.1) is 18.8 Å². The van der Waals surface area contributed by atoms with E-state index in [1.807, 2.05) is 0 Å². The van der Waals surface area contributed by atoms with Gasteiger partial charge in [-0.1, -0.05) is 0 Å². The highest BCUT2D eigenvalue weighted by atomic mass is 16.5. The van der Waals surface area contributed by atoms with Crippen LogP contribution in [0.4, 0.5) is 0 Å². The lowest BCUT2D eigenvalue weighted by Crippen LogP contribution is -2.43. The Morgan fingerprint density at radius 2 is 1.93 bits per heavy atom. The van der Waals surface area contributed by atoms with Crippen molar-refractivity contribution in [2.45, 2.75) is 30.8 Å². The molecule has 82 valence electrons. The maximum atomic E-state index is 9.61. The fourth-order valence-electron chi connectivity index (χ4n) is 2.22. The van der Waals surface area contributed by atoms with Crippen molar-refractivity contribution in [2.75, 3.05) is 26.2 Å². The van der Waals surface area contributed by atoms with Crippen molar-refractivity contribution < 1.29 is 20.1 Å². The zero-order valence-corrected chi connectivity index (χ0v) is 8.04. The molecule has 0 aromatic rings. The number of likely N-dealkylation sites (tertiary alicyclic amines) is 1. The van der Waals surface area contributed by atoms with Crippen molar-refractivity contribution in [3.63, 3.8) is 0 Å². The molecule has 3 N–H and O–H groups in total. The third kappa shape index (κ3) is 1.78. The van der Waals surface area contributed by atoms with Crippen LogP contribution in [0.1, 0.15) is 6.42 Å². The van der Waals surface area contributed by atoms with Crippen LogP contribution in [0.3, 0.4) is 0 Å². The largest absolute Gasteiger partial charge is 0.395 e. The van der Waals surface area contributed by atoms with Crippen molar-refractivity contribution in [1.82, 2.24) is 4.90 Å². The third-order valence-electron chi connectivity index (χ3n) is 3.05. The van der Waals surface area contributed by atoms with Gasteiger partial charge in [-0.3, -0.25) is 4.90 Å². The molecule has 2 heterocycles. The fraction of sp³-hybridized carbons (Fsp3) is 1.00. The highest BCUT2D eigenvalue weighted by Crippen LogP contribution is 2.27. The van der Waals surface area contributed by atoms with Crippen LogP contribution in [0.2, 0.25) is 0 Å². The molecular weight excluding hydrogens is 186 g/mol. The molecule has 14 heavy (non-hydrogen) atoms. The molecule has 4 atom stereocenters. The molecule has 5 nitrogen and oxygen atoms in total. The van der Waals surface area contributed by atoms with Crippen LogP contribution in [-0.4, -0.2) is 70.9 Å². The SMILES string of the molecule is OCCN1CC[C@@H]2O[C@H](C1)[C@@H](O)[C@H]2O. The number of ether oxygens (including phenoxy) is 1. The Labute approximate surface area is 82.9 Å². The standard InChI is InChI=1S/C9H17NO4/c11-4-3-10-2-1-6-8(12)9(13)7(5-10)14-6/h6-9,11-13H,1-5H2/t6-,7+,8-,9+/m0/s1. The van der Waals surface area contributed by atoms with E-state index in [1.165, 1.54) is 0 Å². The van der Waals surface area contributed by atoms with E-state index in [0.717, 1.165) is 6.54 Å². The molecule has 0 radical (unpaired) electrons. The summed E-state index contributed by atoms with van der Waals surface area (Å²) < 4.78 is 5.50. The molecule has 2 fully saturated rings. The number of aliphatic hydroxyl groups excluding tert-OH is 3. The molecule has 0 unspecified atom stereocenters. The highest BCUT2D eigenvalue weighted by Gasteiger charge is 2.44. The van der Waals surface area contributed by atoms with Crippen molar-refractivity contribution in [3.05, 3.63) is 0 Å². The molecule has 0 saturated carbocycles. The lowest BCUT2D eigenvalue weighted by atomic mass is 10.0. The molecule has 5 heteroatoms. The summed E-state index contributed by atoms with van der Waals surface area (Å²) in [7, 11) is 0.